The minimum Gasteiger partial charge on any atom is -0.439 e. The molecule has 1 aliphatic rings. The number of nitriles is 1. The van der Waals surface area contributed by atoms with Crippen molar-refractivity contribution in [2.45, 2.75) is 5.92 Å². The predicted octanol–water partition coefficient (Wildman–Crippen LogP) is 5.32. The van der Waals surface area contributed by atoms with E-state index in [1.54, 1.807) is 12.1 Å². The molecular formula is C27H16N2O3. The van der Waals surface area contributed by atoms with Gasteiger partial charge in [0.25, 0.3) is 0 Å². The number of fused-ring (bicyclic) bond motifs is 5. The molecule has 2 heterocycles. The lowest BCUT2D eigenvalue weighted by molar-refractivity contribution is 0.388. The number of benzene rings is 4. The van der Waals surface area contributed by atoms with E-state index in [4.69, 9.17) is 14.9 Å². The zero-order chi connectivity index (χ0) is 21.8. The van der Waals surface area contributed by atoms with Crippen molar-refractivity contribution in [2.75, 3.05) is 0 Å². The van der Waals surface area contributed by atoms with E-state index in [9.17, 15) is 10.1 Å². The van der Waals surface area contributed by atoms with E-state index >= 15 is 0 Å². The van der Waals surface area contributed by atoms with E-state index in [2.05, 4.69) is 12.1 Å². The average Bonchev–Trinajstić information content (AvgIpc) is 2.82. The molecule has 32 heavy (non-hydrogen) atoms. The number of allylic oxidation sites excluding steroid dienone is 1. The van der Waals surface area contributed by atoms with E-state index < -0.39 is 11.5 Å². The molecule has 0 fully saturated rings. The van der Waals surface area contributed by atoms with E-state index in [1.807, 2.05) is 60.7 Å². The Morgan fingerprint density at radius 1 is 0.812 bits per heavy atom. The molecule has 1 atom stereocenters. The van der Waals surface area contributed by atoms with Gasteiger partial charge in [-0.1, -0.05) is 60.7 Å². The monoisotopic (exact) mass is 416 g/mol. The van der Waals surface area contributed by atoms with Crippen LogP contribution >= 0.6 is 0 Å². The molecule has 1 aliphatic heterocycles. The Bertz CT molecular complexity index is 1650. The summed E-state index contributed by atoms with van der Waals surface area (Å²) in [5.74, 6) is -0.381. The summed E-state index contributed by atoms with van der Waals surface area (Å²) < 4.78 is 11.5. The molecule has 1 aromatic heterocycles. The van der Waals surface area contributed by atoms with Crippen LogP contribution in [0.25, 0.3) is 32.5 Å². The van der Waals surface area contributed by atoms with Crippen molar-refractivity contribution in [3.63, 3.8) is 0 Å². The second-order valence-corrected chi connectivity index (χ2v) is 7.79. The lowest BCUT2D eigenvalue weighted by atomic mass is 9.79. The Labute approximate surface area is 182 Å². The fourth-order valence-corrected chi connectivity index (χ4v) is 4.71. The third-order valence-electron chi connectivity index (χ3n) is 6.08. The van der Waals surface area contributed by atoms with Gasteiger partial charge in [-0.3, -0.25) is 0 Å². The van der Waals surface area contributed by atoms with Crippen LogP contribution in [0.1, 0.15) is 17.0 Å². The standard InChI is InChI=1S/C27H16N2O3/c28-14-20-23(22-17-9-3-1-7-15(17)13-16-8-2-4-10-18(16)22)24-25(32-26(20)29)19-11-5-6-12-21(19)31-27(24)30/h1-13,23H,29H2. The second-order valence-electron chi connectivity index (χ2n) is 7.79. The lowest BCUT2D eigenvalue weighted by Gasteiger charge is -2.27. The number of nitrogens with zero attached hydrogens (tertiary/aromatic N) is 1. The van der Waals surface area contributed by atoms with Gasteiger partial charge in [-0.15, -0.1) is 0 Å². The molecule has 5 nitrogen and oxygen atoms in total. The van der Waals surface area contributed by atoms with Gasteiger partial charge in [-0.05, 0) is 45.3 Å². The van der Waals surface area contributed by atoms with Gasteiger partial charge in [-0.25, -0.2) is 4.79 Å². The number of hydrogen-bond acceptors (Lipinski definition) is 5. The summed E-state index contributed by atoms with van der Waals surface area (Å²) in [4.78, 5) is 13.3. The summed E-state index contributed by atoms with van der Waals surface area (Å²) in [5, 5.41) is 14.6. The molecule has 0 bridgehead atoms. The van der Waals surface area contributed by atoms with Gasteiger partial charge in [0.2, 0.25) is 5.88 Å². The Morgan fingerprint density at radius 2 is 1.41 bits per heavy atom. The summed E-state index contributed by atoms with van der Waals surface area (Å²) in [5.41, 5.74) is 7.45. The number of ether oxygens (including phenoxy) is 1. The number of nitrogens with two attached hydrogens (primary N) is 1. The van der Waals surface area contributed by atoms with Gasteiger partial charge in [0, 0.05) is 0 Å². The highest BCUT2D eigenvalue weighted by Crippen LogP contribution is 2.47. The maximum absolute atomic E-state index is 13.3. The maximum atomic E-state index is 13.3. The Kier molecular flexibility index (Phi) is 3.83. The Balaban J connectivity index is 1.83. The van der Waals surface area contributed by atoms with E-state index in [1.165, 1.54) is 0 Å². The van der Waals surface area contributed by atoms with Crippen LogP contribution in [0.15, 0.2) is 99.5 Å². The van der Waals surface area contributed by atoms with Gasteiger partial charge >= 0.3 is 5.63 Å². The molecule has 5 aromatic rings. The average molecular weight is 416 g/mol. The molecule has 0 radical (unpaired) electrons. The fraction of sp³-hybridized carbons (Fsp3) is 0.0370. The number of rotatable bonds is 1. The molecule has 2 N–H and O–H groups in total. The van der Waals surface area contributed by atoms with Gasteiger partial charge in [0.1, 0.15) is 17.2 Å². The molecular weight excluding hydrogens is 400 g/mol. The van der Waals surface area contributed by atoms with Gasteiger partial charge in [0.05, 0.1) is 16.9 Å². The first-order chi connectivity index (χ1) is 15.7. The van der Waals surface area contributed by atoms with Crippen LogP contribution in [0.5, 0.6) is 5.75 Å². The first-order valence-electron chi connectivity index (χ1n) is 10.2. The van der Waals surface area contributed by atoms with Crippen molar-refractivity contribution < 1.29 is 9.15 Å². The lowest BCUT2D eigenvalue weighted by Crippen LogP contribution is -2.26. The molecule has 0 aliphatic carbocycles. The van der Waals surface area contributed by atoms with Crippen molar-refractivity contribution in [3.8, 4) is 11.8 Å². The van der Waals surface area contributed by atoms with Crippen LogP contribution in [0.4, 0.5) is 0 Å². The molecule has 0 spiro atoms. The zero-order valence-electron chi connectivity index (χ0n) is 16.8. The first kappa shape index (κ1) is 18.2. The molecule has 0 saturated carbocycles. The second kappa shape index (κ2) is 6.73. The van der Waals surface area contributed by atoms with Crippen molar-refractivity contribution in [2.24, 2.45) is 5.73 Å². The van der Waals surface area contributed by atoms with Crippen molar-refractivity contribution >= 4 is 32.5 Å². The highest BCUT2D eigenvalue weighted by Gasteiger charge is 2.37. The van der Waals surface area contributed by atoms with Gasteiger partial charge in [-0.2, -0.15) is 5.26 Å². The molecule has 152 valence electrons. The largest absolute Gasteiger partial charge is 0.439 e. The number of hydrogen-bond donors (Lipinski definition) is 1. The van der Waals surface area contributed by atoms with Gasteiger partial charge < -0.3 is 14.9 Å². The summed E-state index contributed by atoms with van der Waals surface area (Å²) in [7, 11) is 0. The van der Waals surface area contributed by atoms with Crippen LogP contribution < -0.4 is 16.1 Å². The van der Waals surface area contributed by atoms with Crippen LogP contribution in [0, 0.1) is 11.3 Å². The summed E-state index contributed by atoms with van der Waals surface area (Å²) in [6, 6.07) is 27.3. The summed E-state index contributed by atoms with van der Waals surface area (Å²) in [6.07, 6.45) is 0. The maximum Gasteiger partial charge on any atom is 0.344 e. The molecule has 6 rings (SSSR count). The van der Waals surface area contributed by atoms with Crippen molar-refractivity contribution in [3.05, 3.63) is 112 Å². The molecule has 0 saturated heterocycles. The minimum atomic E-state index is -0.722. The summed E-state index contributed by atoms with van der Waals surface area (Å²) >= 11 is 0. The topological polar surface area (TPSA) is 89.3 Å². The van der Waals surface area contributed by atoms with Crippen LogP contribution in [-0.4, -0.2) is 0 Å². The normalized spacial score (nSPS) is 15.5. The van der Waals surface area contributed by atoms with Crippen molar-refractivity contribution in [1.82, 2.24) is 0 Å². The van der Waals surface area contributed by atoms with Crippen molar-refractivity contribution in [1.29, 1.82) is 5.26 Å². The van der Waals surface area contributed by atoms with Crippen LogP contribution in [0.3, 0.4) is 0 Å². The zero-order valence-corrected chi connectivity index (χ0v) is 16.8. The fourth-order valence-electron chi connectivity index (χ4n) is 4.71. The van der Waals surface area contributed by atoms with Gasteiger partial charge in [0.15, 0.2) is 5.75 Å². The van der Waals surface area contributed by atoms with E-state index in [0.29, 0.717) is 16.7 Å². The minimum absolute atomic E-state index is 0.00207. The quantitative estimate of drug-likeness (QED) is 0.295. The SMILES string of the molecule is N#CC1=C(N)Oc2c(c(=O)oc3ccccc23)C1c1c2ccccc2cc2ccccc12. The van der Waals surface area contributed by atoms with Crippen LogP contribution in [0.2, 0.25) is 0 Å². The first-order valence-corrected chi connectivity index (χ1v) is 10.2. The van der Waals surface area contributed by atoms with E-state index in [-0.39, 0.29) is 17.0 Å². The Morgan fingerprint density at radius 3 is 2.06 bits per heavy atom. The molecule has 0 amide bonds. The number of para-hydroxylation sites is 1. The summed E-state index contributed by atoms with van der Waals surface area (Å²) in [6.45, 7) is 0. The highest BCUT2D eigenvalue weighted by molar-refractivity contribution is 6.04. The smallest absolute Gasteiger partial charge is 0.344 e. The highest BCUT2D eigenvalue weighted by atomic mass is 16.5. The van der Waals surface area contributed by atoms with E-state index in [0.717, 1.165) is 27.1 Å². The van der Waals surface area contributed by atoms with Crippen LogP contribution in [-0.2, 0) is 0 Å². The third kappa shape index (κ3) is 2.47. The molecule has 4 aromatic carbocycles. The molecule has 1 unspecified atom stereocenters. The Hall–Kier alpha value is -4.56. The molecule has 5 heteroatoms. The predicted molar refractivity (Wildman–Crippen MR) is 123 cm³/mol. The third-order valence-corrected chi connectivity index (χ3v) is 6.08.